The summed E-state index contributed by atoms with van der Waals surface area (Å²) in [6.07, 6.45) is 3.88. The Morgan fingerprint density at radius 3 is 2.71 bits per heavy atom. The molecule has 3 aromatic rings. The first-order chi connectivity index (χ1) is 13.6. The molecule has 3 heterocycles. The third-order valence-corrected chi connectivity index (χ3v) is 4.20. The number of hydrogen-bond donors (Lipinski definition) is 0. The van der Waals surface area contributed by atoms with E-state index in [-0.39, 0.29) is 17.9 Å². The number of rotatable bonds is 2. The van der Waals surface area contributed by atoms with Gasteiger partial charge >= 0.3 is 6.09 Å². The number of halogens is 2. The second kappa shape index (κ2) is 7.45. The molecule has 0 radical (unpaired) electrons. The van der Waals surface area contributed by atoms with Crippen LogP contribution in [-0.4, -0.2) is 22.7 Å². The molecule has 4 rings (SSSR count). The first kappa shape index (κ1) is 17.6. The van der Waals surface area contributed by atoms with Gasteiger partial charge in [0.15, 0.2) is 0 Å². The van der Waals surface area contributed by atoms with Crippen LogP contribution in [0, 0.1) is 23.6 Å². The maximum Gasteiger partial charge on any atom is 0.415 e. The van der Waals surface area contributed by atoms with Gasteiger partial charge in [-0.05, 0) is 36.4 Å². The highest BCUT2D eigenvalue weighted by Crippen LogP contribution is 2.34. The van der Waals surface area contributed by atoms with Crippen LogP contribution in [0.5, 0.6) is 0 Å². The van der Waals surface area contributed by atoms with E-state index in [1.165, 1.54) is 35.4 Å². The topological polar surface area (TPSA) is 55.3 Å². The molecule has 1 aromatic carbocycles. The van der Waals surface area contributed by atoms with Crippen LogP contribution in [0.25, 0.3) is 0 Å². The van der Waals surface area contributed by atoms with Crippen molar-refractivity contribution in [1.82, 2.24) is 9.97 Å². The Morgan fingerprint density at radius 1 is 1.07 bits per heavy atom. The highest BCUT2D eigenvalue weighted by atomic mass is 19.1. The smallest absolute Gasteiger partial charge is 0.415 e. The molecule has 1 saturated heterocycles. The molecule has 2 aromatic heterocycles. The molecule has 1 amide bonds. The van der Waals surface area contributed by atoms with Gasteiger partial charge in [-0.15, -0.1) is 0 Å². The Bertz CT molecular complexity index is 1090. The number of amides is 1. The van der Waals surface area contributed by atoms with E-state index in [0.717, 1.165) is 0 Å². The van der Waals surface area contributed by atoms with E-state index in [9.17, 15) is 13.6 Å². The molecule has 1 aliphatic heterocycles. The third kappa shape index (κ3) is 3.53. The van der Waals surface area contributed by atoms with Crippen LogP contribution in [0.2, 0.25) is 0 Å². The van der Waals surface area contributed by atoms with Gasteiger partial charge in [-0.1, -0.05) is 17.9 Å². The van der Waals surface area contributed by atoms with E-state index in [0.29, 0.717) is 11.1 Å². The predicted molar refractivity (Wildman–Crippen MR) is 97.4 cm³/mol. The van der Waals surface area contributed by atoms with Crippen molar-refractivity contribution in [3.63, 3.8) is 0 Å². The van der Waals surface area contributed by atoms with Crippen molar-refractivity contribution in [3.05, 3.63) is 89.5 Å². The van der Waals surface area contributed by atoms with Gasteiger partial charge in [0.25, 0.3) is 0 Å². The maximum absolute atomic E-state index is 14.4. The number of hydrogen-bond acceptors (Lipinski definition) is 4. The van der Waals surface area contributed by atoms with Crippen LogP contribution in [0.1, 0.15) is 22.7 Å². The minimum atomic E-state index is -0.776. The van der Waals surface area contributed by atoms with E-state index >= 15 is 0 Å². The lowest BCUT2D eigenvalue weighted by Crippen LogP contribution is -2.28. The average molecular weight is 377 g/mol. The molecular formula is C21H13F2N3O2. The molecular weight excluding hydrogens is 364 g/mol. The fraction of sp³-hybridized carbons (Fsp3) is 0.0952. The summed E-state index contributed by atoms with van der Waals surface area (Å²) >= 11 is 0. The number of ether oxygens (including phenoxy) is 1. The van der Waals surface area contributed by atoms with Crippen molar-refractivity contribution >= 4 is 11.8 Å². The van der Waals surface area contributed by atoms with Crippen LogP contribution >= 0.6 is 0 Å². The number of cyclic esters (lactones) is 1. The minimum absolute atomic E-state index is 0.0760. The van der Waals surface area contributed by atoms with Crippen molar-refractivity contribution in [3.8, 4) is 11.8 Å². The summed E-state index contributed by atoms with van der Waals surface area (Å²) in [7, 11) is 0. The van der Waals surface area contributed by atoms with E-state index in [1.807, 2.05) is 0 Å². The summed E-state index contributed by atoms with van der Waals surface area (Å²) in [6, 6.07) is 9.78. The molecule has 0 spiro atoms. The van der Waals surface area contributed by atoms with Gasteiger partial charge in [-0.25, -0.2) is 14.2 Å². The highest BCUT2D eigenvalue weighted by molar-refractivity contribution is 5.90. The van der Waals surface area contributed by atoms with Gasteiger partial charge in [0.05, 0.1) is 5.69 Å². The quantitative estimate of drug-likeness (QED) is 0.503. The van der Waals surface area contributed by atoms with Gasteiger partial charge in [-0.2, -0.15) is 4.39 Å². The van der Waals surface area contributed by atoms with Gasteiger partial charge in [0.1, 0.15) is 18.5 Å². The van der Waals surface area contributed by atoms with Crippen molar-refractivity contribution in [2.75, 3.05) is 11.5 Å². The lowest BCUT2D eigenvalue weighted by atomic mass is 10.1. The van der Waals surface area contributed by atoms with Crippen molar-refractivity contribution < 1.29 is 18.3 Å². The van der Waals surface area contributed by atoms with Crippen LogP contribution in [-0.2, 0) is 4.74 Å². The number of anilines is 1. The Hall–Kier alpha value is -3.79. The second-order valence-corrected chi connectivity index (χ2v) is 6.04. The molecule has 0 saturated carbocycles. The summed E-state index contributed by atoms with van der Waals surface area (Å²) in [5, 5.41) is 0. The number of pyridine rings is 2. The van der Waals surface area contributed by atoms with Crippen molar-refractivity contribution in [2.45, 2.75) is 6.04 Å². The third-order valence-electron chi connectivity index (χ3n) is 4.20. The highest BCUT2D eigenvalue weighted by Gasteiger charge is 2.37. The standard InChI is InChI=1S/C21H13F2N3O2/c22-16-4-1-5-17(10-16)26-19(13-28-21(26)27)18-9-15(12-25-20(18)23)7-6-14-3-2-8-24-11-14/h1-5,8-12,19H,13H2. The number of aromatic nitrogens is 2. The van der Waals surface area contributed by atoms with Gasteiger partial charge in [0, 0.05) is 35.3 Å². The van der Waals surface area contributed by atoms with Gasteiger partial charge < -0.3 is 4.74 Å². The first-order valence-electron chi connectivity index (χ1n) is 8.41. The molecule has 0 aliphatic carbocycles. The summed E-state index contributed by atoms with van der Waals surface area (Å²) in [5.74, 6) is 4.58. The van der Waals surface area contributed by atoms with Crippen molar-refractivity contribution in [2.24, 2.45) is 0 Å². The largest absolute Gasteiger partial charge is 0.447 e. The van der Waals surface area contributed by atoms with Crippen LogP contribution in [0.3, 0.4) is 0 Å². The Labute approximate surface area is 159 Å². The summed E-state index contributed by atoms with van der Waals surface area (Å²) < 4.78 is 33.1. The zero-order chi connectivity index (χ0) is 19.5. The average Bonchev–Trinajstić information content (AvgIpc) is 3.09. The van der Waals surface area contributed by atoms with Gasteiger partial charge in [0.2, 0.25) is 5.95 Å². The SMILES string of the molecule is O=C1OCC(c2cc(C#Cc3cccnc3)cnc2F)N1c1cccc(F)c1. The minimum Gasteiger partial charge on any atom is -0.447 e. The molecule has 1 atom stereocenters. The summed E-state index contributed by atoms with van der Waals surface area (Å²) in [6.45, 7) is -0.0760. The molecule has 5 nitrogen and oxygen atoms in total. The fourth-order valence-electron chi connectivity index (χ4n) is 2.91. The number of carbonyl (C=O) groups is 1. The normalized spacial score (nSPS) is 15.7. The molecule has 1 fully saturated rings. The molecule has 0 bridgehead atoms. The molecule has 28 heavy (non-hydrogen) atoms. The number of carbonyl (C=O) groups excluding carboxylic acids is 1. The van der Waals surface area contributed by atoms with E-state index in [1.54, 1.807) is 30.6 Å². The second-order valence-electron chi connectivity index (χ2n) is 6.04. The molecule has 1 unspecified atom stereocenters. The van der Waals surface area contributed by atoms with E-state index in [4.69, 9.17) is 4.74 Å². The summed E-state index contributed by atoms with van der Waals surface area (Å²) in [4.78, 5) is 21.1. The summed E-state index contributed by atoms with van der Waals surface area (Å²) in [5.41, 5.74) is 1.60. The Kier molecular flexibility index (Phi) is 4.68. The first-order valence-corrected chi connectivity index (χ1v) is 8.41. The molecule has 1 aliphatic rings. The van der Waals surface area contributed by atoms with Crippen LogP contribution in [0.15, 0.2) is 61.1 Å². The monoisotopic (exact) mass is 377 g/mol. The predicted octanol–water partition coefficient (Wildman–Crippen LogP) is 3.85. The fourth-order valence-corrected chi connectivity index (χ4v) is 2.91. The zero-order valence-electron chi connectivity index (χ0n) is 14.5. The van der Waals surface area contributed by atoms with E-state index in [2.05, 4.69) is 21.8 Å². The lowest BCUT2D eigenvalue weighted by Gasteiger charge is -2.22. The van der Waals surface area contributed by atoms with Gasteiger partial charge in [-0.3, -0.25) is 9.88 Å². The Balaban J connectivity index is 1.70. The zero-order valence-corrected chi connectivity index (χ0v) is 14.5. The molecule has 0 N–H and O–H groups in total. The molecule has 138 valence electrons. The number of benzene rings is 1. The lowest BCUT2D eigenvalue weighted by molar-refractivity contribution is 0.178. The maximum atomic E-state index is 14.4. The van der Waals surface area contributed by atoms with Crippen LogP contribution in [0.4, 0.5) is 19.3 Å². The van der Waals surface area contributed by atoms with Crippen LogP contribution < -0.4 is 4.90 Å². The van der Waals surface area contributed by atoms with Crippen molar-refractivity contribution in [1.29, 1.82) is 0 Å². The molecule has 7 heteroatoms. The Morgan fingerprint density at radius 2 is 1.93 bits per heavy atom. The van der Waals surface area contributed by atoms with E-state index < -0.39 is 23.9 Å². The number of nitrogens with zero attached hydrogens (tertiary/aromatic N) is 3.